The van der Waals surface area contributed by atoms with Gasteiger partial charge in [0.1, 0.15) is 0 Å². The van der Waals surface area contributed by atoms with E-state index in [0.717, 1.165) is 5.56 Å². The van der Waals surface area contributed by atoms with Crippen molar-refractivity contribution in [2.45, 2.75) is 6.92 Å². The standard InChI is InChI=1S/C12H17N3O3/c1-8-3-4-10(9(13)7-8)15-12(17)11(16)14-5-6-18-2/h3-4,7H,5-6,13H2,1-2H3,(H,14,16)(H,15,17). The third-order valence-electron chi connectivity index (χ3n) is 2.25. The lowest BCUT2D eigenvalue weighted by molar-refractivity contribution is -0.136. The summed E-state index contributed by atoms with van der Waals surface area (Å²) in [5.74, 6) is -1.46. The largest absolute Gasteiger partial charge is 0.397 e. The second-order valence-electron chi connectivity index (χ2n) is 3.79. The summed E-state index contributed by atoms with van der Waals surface area (Å²) in [7, 11) is 1.51. The molecule has 18 heavy (non-hydrogen) atoms. The Morgan fingerprint density at radius 3 is 2.67 bits per heavy atom. The van der Waals surface area contributed by atoms with Gasteiger partial charge < -0.3 is 21.1 Å². The molecule has 0 aliphatic carbocycles. The molecule has 0 aromatic heterocycles. The molecule has 0 fully saturated rings. The maximum atomic E-state index is 11.5. The van der Waals surface area contributed by atoms with Gasteiger partial charge in [0, 0.05) is 13.7 Å². The highest BCUT2D eigenvalue weighted by atomic mass is 16.5. The molecule has 4 N–H and O–H groups in total. The molecule has 0 spiro atoms. The van der Waals surface area contributed by atoms with E-state index in [9.17, 15) is 9.59 Å². The summed E-state index contributed by atoms with van der Waals surface area (Å²) in [6.07, 6.45) is 0. The lowest BCUT2D eigenvalue weighted by atomic mass is 10.2. The van der Waals surface area contributed by atoms with Crippen molar-refractivity contribution in [2.75, 3.05) is 31.3 Å². The molecule has 0 unspecified atom stereocenters. The van der Waals surface area contributed by atoms with Crippen LogP contribution in [0.1, 0.15) is 5.56 Å². The van der Waals surface area contributed by atoms with Crippen molar-refractivity contribution in [1.29, 1.82) is 0 Å². The fourth-order valence-electron chi connectivity index (χ4n) is 1.32. The molecule has 1 aromatic carbocycles. The van der Waals surface area contributed by atoms with Crippen molar-refractivity contribution in [3.8, 4) is 0 Å². The highest BCUT2D eigenvalue weighted by Crippen LogP contribution is 2.19. The van der Waals surface area contributed by atoms with Gasteiger partial charge in [-0.05, 0) is 24.6 Å². The van der Waals surface area contributed by atoms with Gasteiger partial charge in [0.25, 0.3) is 0 Å². The van der Waals surface area contributed by atoms with Crippen LogP contribution < -0.4 is 16.4 Å². The predicted molar refractivity (Wildman–Crippen MR) is 69.1 cm³/mol. The number of hydrogen-bond donors (Lipinski definition) is 3. The van der Waals surface area contributed by atoms with Crippen LogP contribution in [0.3, 0.4) is 0 Å². The summed E-state index contributed by atoms with van der Waals surface area (Å²) in [6, 6.07) is 5.18. The highest BCUT2D eigenvalue weighted by molar-refractivity contribution is 6.39. The number of ether oxygens (including phenoxy) is 1. The van der Waals surface area contributed by atoms with Crippen LogP contribution in [0.4, 0.5) is 11.4 Å². The number of methoxy groups -OCH3 is 1. The van der Waals surface area contributed by atoms with E-state index in [1.807, 2.05) is 6.92 Å². The van der Waals surface area contributed by atoms with Crippen LogP contribution in [-0.4, -0.2) is 32.1 Å². The van der Waals surface area contributed by atoms with Gasteiger partial charge in [0.2, 0.25) is 0 Å². The number of hydrogen-bond acceptors (Lipinski definition) is 4. The predicted octanol–water partition coefficient (Wildman–Crippen LogP) is 0.278. The topological polar surface area (TPSA) is 93.4 Å². The Bertz CT molecular complexity index is 446. The second-order valence-corrected chi connectivity index (χ2v) is 3.79. The van der Waals surface area contributed by atoms with Gasteiger partial charge in [-0.2, -0.15) is 0 Å². The second kappa shape index (κ2) is 6.61. The number of carbonyl (C=O) groups excluding carboxylic acids is 2. The number of nitrogens with two attached hydrogens (primary N) is 1. The van der Waals surface area contributed by atoms with Crippen LogP contribution in [0.5, 0.6) is 0 Å². The average molecular weight is 251 g/mol. The molecule has 0 bridgehead atoms. The zero-order valence-electron chi connectivity index (χ0n) is 10.4. The number of anilines is 2. The molecular formula is C12H17N3O3. The van der Waals surface area contributed by atoms with Crippen molar-refractivity contribution in [3.05, 3.63) is 23.8 Å². The van der Waals surface area contributed by atoms with Crippen molar-refractivity contribution >= 4 is 23.2 Å². The third kappa shape index (κ3) is 4.06. The summed E-state index contributed by atoms with van der Waals surface area (Å²) in [4.78, 5) is 22.9. The third-order valence-corrected chi connectivity index (χ3v) is 2.25. The first-order valence-corrected chi connectivity index (χ1v) is 5.49. The summed E-state index contributed by atoms with van der Waals surface area (Å²) >= 11 is 0. The van der Waals surface area contributed by atoms with Gasteiger partial charge in [0.05, 0.1) is 18.0 Å². The minimum atomic E-state index is -0.748. The molecule has 0 saturated heterocycles. The Morgan fingerprint density at radius 2 is 2.06 bits per heavy atom. The minimum Gasteiger partial charge on any atom is -0.397 e. The monoisotopic (exact) mass is 251 g/mol. The average Bonchev–Trinajstić information content (AvgIpc) is 2.32. The van der Waals surface area contributed by atoms with Crippen LogP contribution >= 0.6 is 0 Å². The van der Waals surface area contributed by atoms with E-state index in [0.29, 0.717) is 18.0 Å². The number of benzene rings is 1. The first-order chi connectivity index (χ1) is 8.54. The zero-order chi connectivity index (χ0) is 13.5. The molecule has 1 rings (SSSR count). The van der Waals surface area contributed by atoms with E-state index in [1.165, 1.54) is 7.11 Å². The van der Waals surface area contributed by atoms with Gasteiger partial charge >= 0.3 is 11.8 Å². The summed E-state index contributed by atoms with van der Waals surface area (Å²) in [5.41, 5.74) is 7.55. The quantitative estimate of drug-likeness (QED) is 0.407. The number of carbonyl (C=O) groups is 2. The molecule has 0 aliphatic heterocycles. The fraction of sp³-hybridized carbons (Fsp3) is 0.333. The van der Waals surface area contributed by atoms with E-state index in [1.54, 1.807) is 18.2 Å². The molecule has 0 saturated carbocycles. The number of aryl methyl sites for hydroxylation is 1. The van der Waals surface area contributed by atoms with Gasteiger partial charge in [-0.3, -0.25) is 9.59 Å². The lowest BCUT2D eigenvalue weighted by Gasteiger charge is -2.09. The number of nitrogens with one attached hydrogen (secondary N) is 2. The van der Waals surface area contributed by atoms with Gasteiger partial charge in [0.15, 0.2) is 0 Å². The fourth-order valence-corrected chi connectivity index (χ4v) is 1.32. The van der Waals surface area contributed by atoms with Crippen LogP contribution in [0.2, 0.25) is 0 Å². The summed E-state index contributed by atoms with van der Waals surface area (Å²) in [5, 5.41) is 4.86. The Labute approximate surface area is 105 Å². The molecule has 1 aromatic rings. The molecule has 0 heterocycles. The van der Waals surface area contributed by atoms with E-state index < -0.39 is 11.8 Å². The van der Waals surface area contributed by atoms with Gasteiger partial charge in [-0.15, -0.1) is 0 Å². The lowest BCUT2D eigenvalue weighted by Crippen LogP contribution is -2.37. The number of rotatable bonds is 4. The van der Waals surface area contributed by atoms with E-state index in [-0.39, 0.29) is 6.54 Å². The van der Waals surface area contributed by atoms with Crippen LogP contribution in [0.25, 0.3) is 0 Å². The first kappa shape index (κ1) is 14.0. The first-order valence-electron chi connectivity index (χ1n) is 5.49. The molecule has 98 valence electrons. The van der Waals surface area contributed by atoms with E-state index in [2.05, 4.69) is 10.6 Å². The molecule has 0 radical (unpaired) electrons. The zero-order valence-corrected chi connectivity index (χ0v) is 10.4. The summed E-state index contributed by atoms with van der Waals surface area (Å²) < 4.78 is 4.76. The molecule has 6 nitrogen and oxygen atoms in total. The Morgan fingerprint density at radius 1 is 1.33 bits per heavy atom. The van der Waals surface area contributed by atoms with E-state index >= 15 is 0 Å². The van der Waals surface area contributed by atoms with Crippen LogP contribution in [-0.2, 0) is 14.3 Å². The summed E-state index contributed by atoms with van der Waals surface area (Å²) in [6.45, 7) is 2.53. The Kier molecular flexibility index (Phi) is 5.13. The number of nitrogen functional groups attached to an aromatic ring is 1. The van der Waals surface area contributed by atoms with Crippen molar-refractivity contribution in [1.82, 2.24) is 5.32 Å². The molecule has 2 amide bonds. The van der Waals surface area contributed by atoms with Gasteiger partial charge in [-0.1, -0.05) is 6.07 Å². The Balaban J connectivity index is 2.56. The molecular weight excluding hydrogens is 234 g/mol. The minimum absolute atomic E-state index is 0.284. The smallest absolute Gasteiger partial charge is 0.313 e. The molecule has 0 aliphatic rings. The highest BCUT2D eigenvalue weighted by Gasteiger charge is 2.13. The molecule has 0 atom stereocenters. The maximum absolute atomic E-state index is 11.5. The van der Waals surface area contributed by atoms with E-state index in [4.69, 9.17) is 10.5 Å². The van der Waals surface area contributed by atoms with Crippen molar-refractivity contribution < 1.29 is 14.3 Å². The molecule has 6 heteroatoms. The normalized spacial score (nSPS) is 9.89. The Hall–Kier alpha value is -2.08. The number of amides is 2. The van der Waals surface area contributed by atoms with Crippen LogP contribution in [0, 0.1) is 6.92 Å². The van der Waals surface area contributed by atoms with Gasteiger partial charge in [-0.25, -0.2) is 0 Å². The van der Waals surface area contributed by atoms with Crippen molar-refractivity contribution in [3.63, 3.8) is 0 Å². The maximum Gasteiger partial charge on any atom is 0.313 e. The van der Waals surface area contributed by atoms with Crippen LogP contribution in [0.15, 0.2) is 18.2 Å². The SMILES string of the molecule is COCCNC(=O)C(=O)Nc1ccc(C)cc1N. The van der Waals surface area contributed by atoms with Crippen molar-refractivity contribution in [2.24, 2.45) is 0 Å².